The molecule has 0 spiro atoms. The second kappa shape index (κ2) is 6.24. The van der Waals surface area contributed by atoms with Crippen molar-refractivity contribution in [3.63, 3.8) is 0 Å². The van der Waals surface area contributed by atoms with Crippen molar-refractivity contribution in [3.8, 4) is 0 Å². The largest absolute Gasteiger partial charge is 0.480 e. The number of carboxylic acids is 1. The van der Waals surface area contributed by atoms with Crippen LogP contribution in [0.3, 0.4) is 0 Å². The van der Waals surface area contributed by atoms with Crippen molar-refractivity contribution in [2.45, 2.75) is 43.6 Å². The monoisotopic (exact) mass is 267 g/mol. The van der Waals surface area contributed by atoms with Gasteiger partial charge in [0.2, 0.25) is 0 Å². The smallest absolute Gasteiger partial charge is 0.325 e. The summed E-state index contributed by atoms with van der Waals surface area (Å²) in [6.07, 6.45) is 5.41. The lowest BCUT2D eigenvalue weighted by molar-refractivity contribution is -0.144. The quantitative estimate of drug-likeness (QED) is 0.573. The summed E-state index contributed by atoms with van der Waals surface area (Å²) in [6.45, 7) is 3.39. The van der Waals surface area contributed by atoms with Gasteiger partial charge in [0, 0.05) is 31.6 Å². The number of hydrogen-bond donors (Lipinski definition) is 3. The van der Waals surface area contributed by atoms with E-state index in [9.17, 15) is 9.90 Å². The van der Waals surface area contributed by atoms with Crippen LogP contribution in [0.2, 0.25) is 6.32 Å². The van der Waals surface area contributed by atoms with Crippen LogP contribution in [-0.4, -0.2) is 61.6 Å². The average Bonchev–Trinajstić information content (AvgIpc) is 2.76. The molecular weight excluding hydrogens is 241 g/mol. The van der Waals surface area contributed by atoms with Crippen LogP contribution in [0.1, 0.15) is 25.7 Å². The number of nitrogens with one attached hydrogen (secondary N) is 1. The molecule has 0 amide bonds. The minimum Gasteiger partial charge on any atom is -0.480 e. The summed E-state index contributed by atoms with van der Waals surface area (Å²) in [4.78, 5) is 13.9. The first-order chi connectivity index (χ1) is 9.08. The van der Waals surface area contributed by atoms with Crippen molar-refractivity contribution in [2.24, 2.45) is 11.7 Å². The highest BCUT2D eigenvalue weighted by Gasteiger charge is 2.50. The number of likely N-dealkylation sites (tertiary alicyclic amines) is 1. The maximum atomic E-state index is 11.6. The van der Waals surface area contributed by atoms with Gasteiger partial charge < -0.3 is 16.2 Å². The molecule has 0 aromatic rings. The van der Waals surface area contributed by atoms with E-state index in [2.05, 4.69) is 18.1 Å². The number of rotatable bonds is 5. The number of nitrogens with two attached hydrogens (primary N) is 1. The Hall–Kier alpha value is -0.585. The van der Waals surface area contributed by atoms with Crippen LogP contribution < -0.4 is 11.1 Å². The van der Waals surface area contributed by atoms with Crippen molar-refractivity contribution >= 4 is 13.8 Å². The molecule has 2 heterocycles. The first-order valence-corrected chi connectivity index (χ1v) is 7.55. The summed E-state index contributed by atoms with van der Waals surface area (Å²) < 4.78 is 0. The van der Waals surface area contributed by atoms with Gasteiger partial charge in [-0.2, -0.15) is 0 Å². The standard InChI is InChI=1S/C13H26BN3O2/c14-5-1-3-10-8-17(9-13(10,15)12(18)19)11-4-2-6-16-7-11/h10-11,16H,1-9,14-15H2,(H,18,19)/t10-,11?,13-/m0/s1. The SMILES string of the molecule is BCCC[C@H]1CN(C2CCCNC2)C[C@@]1(N)C(=O)O. The highest BCUT2D eigenvalue weighted by atomic mass is 16.4. The zero-order valence-corrected chi connectivity index (χ0v) is 11.9. The van der Waals surface area contributed by atoms with Gasteiger partial charge >= 0.3 is 5.97 Å². The number of hydrogen-bond acceptors (Lipinski definition) is 4. The minimum atomic E-state index is -1.05. The molecule has 1 unspecified atom stereocenters. The van der Waals surface area contributed by atoms with Gasteiger partial charge in [0.25, 0.3) is 0 Å². The molecule has 0 aromatic heterocycles. The topological polar surface area (TPSA) is 78.6 Å². The lowest BCUT2D eigenvalue weighted by Crippen LogP contribution is -2.55. The Labute approximate surface area is 116 Å². The molecule has 2 rings (SSSR count). The van der Waals surface area contributed by atoms with Crippen LogP contribution in [-0.2, 0) is 4.79 Å². The number of nitrogens with zero attached hydrogens (tertiary/aromatic N) is 1. The summed E-state index contributed by atoms with van der Waals surface area (Å²) in [7, 11) is 2.14. The molecule has 6 heteroatoms. The maximum Gasteiger partial charge on any atom is 0.325 e. The van der Waals surface area contributed by atoms with E-state index in [-0.39, 0.29) is 5.92 Å². The van der Waals surface area contributed by atoms with Crippen molar-refractivity contribution in [1.29, 1.82) is 0 Å². The summed E-state index contributed by atoms with van der Waals surface area (Å²) in [6, 6.07) is 0.461. The molecule has 0 aromatic carbocycles. The highest BCUT2D eigenvalue weighted by Crippen LogP contribution is 2.32. The van der Waals surface area contributed by atoms with Crippen LogP contribution >= 0.6 is 0 Å². The van der Waals surface area contributed by atoms with Crippen LogP contribution in [0.25, 0.3) is 0 Å². The predicted molar refractivity (Wildman–Crippen MR) is 78.1 cm³/mol. The number of carboxylic acid groups (broad SMARTS) is 1. The zero-order chi connectivity index (χ0) is 13.9. The molecule has 0 aliphatic carbocycles. The molecule has 2 aliphatic heterocycles. The van der Waals surface area contributed by atoms with Gasteiger partial charge in [0.1, 0.15) is 13.4 Å². The van der Waals surface area contributed by atoms with Crippen molar-refractivity contribution in [3.05, 3.63) is 0 Å². The average molecular weight is 267 g/mol. The van der Waals surface area contributed by atoms with Crippen LogP contribution in [0.15, 0.2) is 0 Å². The van der Waals surface area contributed by atoms with E-state index < -0.39 is 11.5 Å². The zero-order valence-electron chi connectivity index (χ0n) is 11.9. The third-order valence-corrected chi connectivity index (χ3v) is 4.74. The molecule has 2 fully saturated rings. The second-order valence-electron chi connectivity index (χ2n) is 6.11. The number of aliphatic carboxylic acids is 1. The Kier molecular flexibility index (Phi) is 4.87. The Morgan fingerprint density at radius 1 is 1.58 bits per heavy atom. The first kappa shape index (κ1) is 14.8. The van der Waals surface area contributed by atoms with Gasteiger partial charge in [-0.3, -0.25) is 9.69 Å². The second-order valence-corrected chi connectivity index (χ2v) is 6.11. The first-order valence-electron chi connectivity index (χ1n) is 7.55. The van der Waals surface area contributed by atoms with Crippen LogP contribution in [0, 0.1) is 5.92 Å². The molecule has 3 atom stereocenters. The van der Waals surface area contributed by atoms with Crippen LogP contribution in [0.4, 0.5) is 0 Å². The maximum absolute atomic E-state index is 11.6. The van der Waals surface area contributed by atoms with E-state index in [0.717, 1.165) is 45.2 Å². The molecule has 0 saturated carbocycles. The summed E-state index contributed by atoms with van der Waals surface area (Å²) in [5, 5.41) is 12.9. The summed E-state index contributed by atoms with van der Waals surface area (Å²) in [5.74, 6) is -0.744. The Bertz CT molecular complexity index is 323. The third-order valence-electron chi connectivity index (χ3n) is 4.74. The molecular formula is C13H26BN3O2. The molecule has 5 nitrogen and oxygen atoms in total. The lowest BCUT2D eigenvalue weighted by atomic mass is 9.83. The van der Waals surface area contributed by atoms with E-state index in [0.29, 0.717) is 12.6 Å². The fraction of sp³-hybridized carbons (Fsp3) is 0.923. The number of carbonyl (C=O) groups is 1. The molecule has 108 valence electrons. The molecule has 2 aliphatic rings. The van der Waals surface area contributed by atoms with Gasteiger partial charge in [-0.15, -0.1) is 0 Å². The summed E-state index contributed by atoms with van der Waals surface area (Å²) in [5.41, 5.74) is 5.17. The minimum absolute atomic E-state index is 0.0897. The lowest BCUT2D eigenvalue weighted by Gasteiger charge is -2.32. The van der Waals surface area contributed by atoms with E-state index >= 15 is 0 Å². The van der Waals surface area contributed by atoms with Gasteiger partial charge in [0.15, 0.2) is 0 Å². The molecule has 0 radical (unpaired) electrons. The van der Waals surface area contributed by atoms with Crippen LogP contribution in [0.5, 0.6) is 0 Å². The van der Waals surface area contributed by atoms with Gasteiger partial charge in [-0.1, -0.05) is 12.7 Å². The van der Waals surface area contributed by atoms with Gasteiger partial charge in [-0.25, -0.2) is 0 Å². The third kappa shape index (κ3) is 3.12. The van der Waals surface area contributed by atoms with Crippen molar-refractivity contribution in [2.75, 3.05) is 26.2 Å². The molecule has 4 N–H and O–H groups in total. The number of piperidine rings is 1. The van der Waals surface area contributed by atoms with E-state index in [4.69, 9.17) is 5.73 Å². The Balaban J connectivity index is 2.03. The Morgan fingerprint density at radius 2 is 2.37 bits per heavy atom. The van der Waals surface area contributed by atoms with E-state index in [1.54, 1.807) is 0 Å². The van der Waals surface area contributed by atoms with Crippen molar-refractivity contribution < 1.29 is 9.90 Å². The fourth-order valence-electron chi connectivity index (χ4n) is 3.44. The van der Waals surface area contributed by atoms with E-state index in [1.165, 1.54) is 6.42 Å². The molecule has 0 bridgehead atoms. The summed E-state index contributed by atoms with van der Waals surface area (Å²) >= 11 is 0. The van der Waals surface area contributed by atoms with Gasteiger partial charge in [0.05, 0.1) is 0 Å². The van der Waals surface area contributed by atoms with Gasteiger partial charge in [-0.05, 0) is 25.8 Å². The molecule has 2 saturated heterocycles. The molecule has 19 heavy (non-hydrogen) atoms. The predicted octanol–water partition coefficient (Wildman–Crippen LogP) is -0.716. The van der Waals surface area contributed by atoms with E-state index in [1.807, 2.05) is 0 Å². The Morgan fingerprint density at radius 3 is 2.95 bits per heavy atom. The van der Waals surface area contributed by atoms with Crippen molar-refractivity contribution in [1.82, 2.24) is 10.2 Å². The normalized spacial score (nSPS) is 36.5. The highest BCUT2D eigenvalue weighted by molar-refractivity contribution is 6.08. The fourth-order valence-corrected chi connectivity index (χ4v) is 3.44.